The molecule has 5 heteroatoms. The van der Waals surface area contributed by atoms with Gasteiger partial charge in [0.05, 0.1) is 6.61 Å². The van der Waals surface area contributed by atoms with Crippen LogP contribution in [0.25, 0.3) is 0 Å². The highest BCUT2D eigenvalue weighted by molar-refractivity contribution is 5.96. The summed E-state index contributed by atoms with van der Waals surface area (Å²) in [5.74, 6) is -1.22. The first-order valence-electron chi connectivity index (χ1n) is 5.59. The number of carbonyl (C=O) groups excluding carboxylic acids is 2. The number of cyclic esters (lactones) is 1. The van der Waals surface area contributed by atoms with Crippen molar-refractivity contribution >= 4 is 17.6 Å². The van der Waals surface area contributed by atoms with Gasteiger partial charge in [0.2, 0.25) is 0 Å². The SMILES string of the molecule is CCOC(=O)C1(Nc2ccccc2)C=CC(=O)O1. The summed E-state index contributed by atoms with van der Waals surface area (Å²) in [6.45, 7) is 1.90. The molecule has 0 bridgehead atoms. The fourth-order valence-electron chi connectivity index (χ4n) is 1.61. The second-order valence-electron chi connectivity index (χ2n) is 3.70. The highest BCUT2D eigenvalue weighted by Crippen LogP contribution is 2.24. The summed E-state index contributed by atoms with van der Waals surface area (Å²) in [4.78, 5) is 23.1. The van der Waals surface area contributed by atoms with E-state index in [2.05, 4.69) is 5.32 Å². The standard InChI is InChI=1S/C13H13NO4/c1-2-17-12(16)13(9-8-11(15)18-13)14-10-6-4-3-5-7-10/h3-9,14H,2H2,1H3. The average molecular weight is 247 g/mol. The fraction of sp³-hybridized carbons (Fsp3) is 0.231. The van der Waals surface area contributed by atoms with E-state index in [1.807, 2.05) is 18.2 Å². The summed E-state index contributed by atoms with van der Waals surface area (Å²) in [6, 6.07) is 8.99. The quantitative estimate of drug-likeness (QED) is 0.816. The van der Waals surface area contributed by atoms with Crippen LogP contribution in [0.5, 0.6) is 0 Å². The minimum atomic E-state index is -1.56. The molecule has 1 unspecified atom stereocenters. The first-order chi connectivity index (χ1) is 8.66. The molecule has 2 rings (SSSR count). The Morgan fingerprint density at radius 2 is 2.11 bits per heavy atom. The van der Waals surface area contributed by atoms with Gasteiger partial charge < -0.3 is 14.8 Å². The molecule has 1 aromatic rings. The van der Waals surface area contributed by atoms with Crippen LogP contribution in [0.15, 0.2) is 42.5 Å². The number of rotatable bonds is 4. The fourth-order valence-corrected chi connectivity index (χ4v) is 1.61. The van der Waals surface area contributed by atoms with Gasteiger partial charge in [0.15, 0.2) is 0 Å². The highest BCUT2D eigenvalue weighted by atomic mass is 16.6. The Kier molecular flexibility index (Phi) is 3.32. The van der Waals surface area contributed by atoms with E-state index in [1.54, 1.807) is 19.1 Å². The number of para-hydroxylation sites is 1. The van der Waals surface area contributed by atoms with Crippen LogP contribution in [0.3, 0.4) is 0 Å². The van der Waals surface area contributed by atoms with Gasteiger partial charge in [-0.3, -0.25) is 0 Å². The predicted octanol–water partition coefficient (Wildman–Crippen LogP) is 1.47. The summed E-state index contributed by atoms with van der Waals surface area (Å²) in [7, 11) is 0. The molecule has 1 N–H and O–H groups in total. The first kappa shape index (κ1) is 12.2. The van der Waals surface area contributed by atoms with E-state index in [0.717, 1.165) is 0 Å². The predicted molar refractivity (Wildman–Crippen MR) is 64.7 cm³/mol. The lowest BCUT2D eigenvalue weighted by Gasteiger charge is -2.26. The van der Waals surface area contributed by atoms with Gasteiger partial charge >= 0.3 is 17.7 Å². The zero-order valence-corrected chi connectivity index (χ0v) is 9.88. The number of carbonyl (C=O) groups is 2. The average Bonchev–Trinajstić information content (AvgIpc) is 2.74. The monoisotopic (exact) mass is 247 g/mol. The number of benzene rings is 1. The topological polar surface area (TPSA) is 64.6 Å². The van der Waals surface area contributed by atoms with Crippen molar-refractivity contribution in [2.75, 3.05) is 11.9 Å². The molecule has 1 aliphatic heterocycles. The van der Waals surface area contributed by atoms with Crippen LogP contribution in [-0.4, -0.2) is 24.3 Å². The molecule has 0 aliphatic carbocycles. The molecule has 0 saturated carbocycles. The van der Waals surface area contributed by atoms with Crippen LogP contribution in [0, 0.1) is 0 Å². The minimum Gasteiger partial charge on any atom is -0.461 e. The number of ether oxygens (including phenoxy) is 2. The summed E-state index contributed by atoms with van der Waals surface area (Å²) in [5, 5.41) is 2.86. The van der Waals surface area contributed by atoms with Crippen molar-refractivity contribution < 1.29 is 19.1 Å². The second-order valence-corrected chi connectivity index (χ2v) is 3.70. The molecule has 0 radical (unpaired) electrons. The van der Waals surface area contributed by atoms with E-state index in [-0.39, 0.29) is 6.61 Å². The molecule has 0 saturated heterocycles. The van der Waals surface area contributed by atoms with Crippen LogP contribution in [0.4, 0.5) is 5.69 Å². The van der Waals surface area contributed by atoms with Gasteiger partial charge in [-0.1, -0.05) is 18.2 Å². The second kappa shape index (κ2) is 4.91. The zero-order chi connectivity index (χ0) is 13.0. The molecule has 94 valence electrons. The molecular weight excluding hydrogens is 234 g/mol. The van der Waals surface area contributed by atoms with E-state index in [0.29, 0.717) is 5.69 Å². The number of nitrogens with one attached hydrogen (secondary N) is 1. The van der Waals surface area contributed by atoms with Gasteiger partial charge in [-0.05, 0) is 25.1 Å². The third kappa shape index (κ3) is 2.34. The van der Waals surface area contributed by atoms with Crippen LogP contribution in [-0.2, 0) is 19.1 Å². The van der Waals surface area contributed by atoms with Gasteiger partial charge in [0.1, 0.15) is 0 Å². The molecule has 0 fully saturated rings. The number of anilines is 1. The Morgan fingerprint density at radius 1 is 1.39 bits per heavy atom. The lowest BCUT2D eigenvalue weighted by molar-refractivity contribution is -0.168. The van der Waals surface area contributed by atoms with E-state index in [4.69, 9.17) is 9.47 Å². The van der Waals surface area contributed by atoms with Crippen molar-refractivity contribution in [1.29, 1.82) is 0 Å². The zero-order valence-electron chi connectivity index (χ0n) is 9.88. The minimum absolute atomic E-state index is 0.211. The van der Waals surface area contributed by atoms with E-state index >= 15 is 0 Å². The molecule has 0 amide bonds. The van der Waals surface area contributed by atoms with Crippen LogP contribution >= 0.6 is 0 Å². The lowest BCUT2D eigenvalue weighted by atomic mass is 10.2. The van der Waals surface area contributed by atoms with Crippen molar-refractivity contribution in [3.05, 3.63) is 42.5 Å². The molecule has 1 aromatic carbocycles. The first-order valence-corrected chi connectivity index (χ1v) is 5.59. The van der Waals surface area contributed by atoms with Crippen molar-refractivity contribution in [1.82, 2.24) is 0 Å². The van der Waals surface area contributed by atoms with Crippen LogP contribution in [0.1, 0.15) is 6.92 Å². The van der Waals surface area contributed by atoms with Crippen molar-refractivity contribution in [3.8, 4) is 0 Å². The molecule has 1 aliphatic rings. The Labute approximate surface area is 104 Å². The molecule has 5 nitrogen and oxygen atoms in total. The lowest BCUT2D eigenvalue weighted by Crippen LogP contribution is -2.47. The van der Waals surface area contributed by atoms with Crippen LogP contribution < -0.4 is 5.32 Å². The van der Waals surface area contributed by atoms with Gasteiger partial charge in [-0.15, -0.1) is 0 Å². The van der Waals surface area contributed by atoms with Gasteiger partial charge in [-0.25, -0.2) is 9.59 Å². The van der Waals surface area contributed by atoms with E-state index in [1.165, 1.54) is 12.2 Å². The maximum absolute atomic E-state index is 11.9. The van der Waals surface area contributed by atoms with Gasteiger partial charge in [-0.2, -0.15) is 0 Å². The van der Waals surface area contributed by atoms with Crippen molar-refractivity contribution in [3.63, 3.8) is 0 Å². The Morgan fingerprint density at radius 3 is 2.67 bits per heavy atom. The molecule has 0 aromatic heterocycles. The van der Waals surface area contributed by atoms with Crippen LogP contribution in [0.2, 0.25) is 0 Å². The van der Waals surface area contributed by atoms with Gasteiger partial charge in [0, 0.05) is 11.8 Å². The number of esters is 2. The highest BCUT2D eigenvalue weighted by Gasteiger charge is 2.45. The van der Waals surface area contributed by atoms with Crippen molar-refractivity contribution in [2.24, 2.45) is 0 Å². The Balaban J connectivity index is 2.24. The molecule has 1 atom stereocenters. The van der Waals surface area contributed by atoms with E-state index in [9.17, 15) is 9.59 Å². The number of hydrogen-bond acceptors (Lipinski definition) is 5. The van der Waals surface area contributed by atoms with Gasteiger partial charge in [0.25, 0.3) is 0 Å². The Hall–Kier alpha value is -2.30. The van der Waals surface area contributed by atoms with Crippen molar-refractivity contribution in [2.45, 2.75) is 12.6 Å². The summed E-state index contributed by atoms with van der Waals surface area (Å²) in [5.41, 5.74) is -0.904. The molecule has 0 spiro atoms. The summed E-state index contributed by atoms with van der Waals surface area (Å²) < 4.78 is 9.95. The largest absolute Gasteiger partial charge is 0.461 e. The van der Waals surface area contributed by atoms with E-state index < -0.39 is 17.7 Å². The summed E-state index contributed by atoms with van der Waals surface area (Å²) in [6.07, 6.45) is 2.56. The summed E-state index contributed by atoms with van der Waals surface area (Å²) >= 11 is 0. The normalized spacial score (nSPS) is 21.5. The molecular formula is C13H13NO4. The number of hydrogen-bond donors (Lipinski definition) is 1. The molecule has 18 heavy (non-hydrogen) atoms. The smallest absolute Gasteiger partial charge is 0.377 e. The third-order valence-corrected chi connectivity index (χ3v) is 2.40. The Bertz CT molecular complexity index is 483. The third-order valence-electron chi connectivity index (χ3n) is 2.40. The maximum atomic E-state index is 11.9. The maximum Gasteiger partial charge on any atom is 0.377 e. The molecule has 1 heterocycles.